The van der Waals surface area contributed by atoms with Crippen molar-refractivity contribution < 1.29 is 18.7 Å². The molecule has 0 amide bonds. The summed E-state index contributed by atoms with van der Waals surface area (Å²) >= 11 is 1.22. The van der Waals surface area contributed by atoms with Gasteiger partial charge in [0.25, 0.3) is 0 Å². The summed E-state index contributed by atoms with van der Waals surface area (Å²) in [5, 5.41) is 11.5. The highest BCUT2D eigenvalue weighted by atomic mass is 32.1. The number of aryl methyl sites for hydroxylation is 1. The lowest BCUT2D eigenvalue weighted by Crippen LogP contribution is -2.37. The average Bonchev–Trinajstić information content (AvgIpc) is 3.31. The van der Waals surface area contributed by atoms with Crippen molar-refractivity contribution in [3.05, 3.63) is 51.7 Å². The molecule has 1 atom stereocenters. The van der Waals surface area contributed by atoms with E-state index in [0.29, 0.717) is 23.4 Å². The van der Waals surface area contributed by atoms with Crippen LogP contribution in [-0.4, -0.2) is 23.3 Å². The molecule has 7 heteroatoms. The first-order valence-corrected chi connectivity index (χ1v) is 9.62. The van der Waals surface area contributed by atoms with Crippen molar-refractivity contribution in [2.75, 3.05) is 6.61 Å². The van der Waals surface area contributed by atoms with Crippen LogP contribution in [0.2, 0.25) is 0 Å². The SMILES string of the molecule is Cc1csc([C@@H](C#N)C(=O)COC(=O)C2(c3ccccc3F)CCCC2)n1. The Morgan fingerprint density at radius 1 is 1.37 bits per heavy atom. The Bertz CT molecular complexity index is 897. The molecule has 0 radical (unpaired) electrons. The van der Waals surface area contributed by atoms with E-state index in [9.17, 15) is 19.2 Å². The molecule has 1 fully saturated rings. The Hall–Kier alpha value is -2.59. The second-order valence-corrected chi connectivity index (χ2v) is 7.59. The molecule has 140 valence electrons. The molecule has 1 saturated carbocycles. The summed E-state index contributed by atoms with van der Waals surface area (Å²) in [7, 11) is 0. The largest absolute Gasteiger partial charge is 0.457 e. The molecule has 1 heterocycles. The number of esters is 1. The van der Waals surface area contributed by atoms with Gasteiger partial charge in [0.2, 0.25) is 0 Å². The van der Waals surface area contributed by atoms with Crippen LogP contribution in [0.1, 0.15) is 47.9 Å². The summed E-state index contributed by atoms with van der Waals surface area (Å²) < 4.78 is 19.6. The van der Waals surface area contributed by atoms with E-state index in [1.807, 2.05) is 6.07 Å². The minimum absolute atomic E-state index is 0.312. The average molecular weight is 386 g/mol. The summed E-state index contributed by atoms with van der Waals surface area (Å²) in [6.07, 6.45) is 2.54. The number of ether oxygens (including phenoxy) is 1. The van der Waals surface area contributed by atoms with Crippen LogP contribution in [0.3, 0.4) is 0 Å². The third-order valence-corrected chi connectivity index (χ3v) is 5.95. The number of aromatic nitrogens is 1. The maximum atomic E-state index is 14.3. The molecule has 0 bridgehead atoms. The number of nitriles is 1. The van der Waals surface area contributed by atoms with Crippen molar-refractivity contribution >= 4 is 23.1 Å². The van der Waals surface area contributed by atoms with Crippen molar-refractivity contribution in [3.63, 3.8) is 0 Å². The third-order valence-electron chi connectivity index (χ3n) is 4.92. The zero-order valence-corrected chi connectivity index (χ0v) is 15.7. The Morgan fingerprint density at radius 3 is 2.67 bits per heavy atom. The number of halogens is 1. The maximum absolute atomic E-state index is 14.3. The normalized spacial score (nSPS) is 16.5. The summed E-state index contributed by atoms with van der Waals surface area (Å²) in [5.74, 6) is -2.65. The van der Waals surface area contributed by atoms with Gasteiger partial charge < -0.3 is 4.74 Å². The molecule has 1 aromatic heterocycles. The molecule has 0 aliphatic heterocycles. The number of rotatable bonds is 6. The van der Waals surface area contributed by atoms with Crippen LogP contribution in [0.5, 0.6) is 0 Å². The Balaban J connectivity index is 1.75. The van der Waals surface area contributed by atoms with E-state index in [0.717, 1.165) is 18.5 Å². The zero-order valence-electron chi connectivity index (χ0n) is 14.9. The van der Waals surface area contributed by atoms with E-state index in [-0.39, 0.29) is 0 Å². The van der Waals surface area contributed by atoms with Gasteiger partial charge in [-0.15, -0.1) is 11.3 Å². The fourth-order valence-electron chi connectivity index (χ4n) is 3.54. The Kier molecular flexibility index (Phi) is 5.66. The highest BCUT2D eigenvalue weighted by Crippen LogP contribution is 2.43. The number of benzene rings is 1. The van der Waals surface area contributed by atoms with Gasteiger partial charge in [0.1, 0.15) is 10.8 Å². The van der Waals surface area contributed by atoms with Crippen LogP contribution in [0, 0.1) is 24.1 Å². The monoisotopic (exact) mass is 386 g/mol. The highest BCUT2D eigenvalue weighted by molar-refractivity contribution is 7.09. The molecule has 2 aromatic rings. The highest BCUT2D eigenvalue weighted by Gasteiger charge is 2.46. The molecular weight excluding hydrogens is 367 g/mol. The molecule has 1 aliphatic rings. The number of carbonyl (C=O) groups excluding carboxylic acids is 2. The minimum Gasteiger partial charge on any atom is -0.457 e. The van der Waals surface area contributed by atoms with Crippen molar-refractivity contribution in [2.45, 2.75) is 43.9 Å². The van der Waals surface area contributed by atoms with Gasteiger partial charge in [0.15, 0.2) is 18.3 Å². The van der Waals surface area contributed by atoms with Gasteiger partial charge in [0, 0.05) is 16.6 Å². The number of ketones is 1. The lowest BCUT2D eigenvalue weighted by atomic mass is 9.78. The molecular formula is C20H19FN2O3S. The molecule has 0 saturated heterocycles. The molecule has 3 rings (SSSR count). The topological polar surface area (TPSA) is 80.0 Å². The van der Waals surface area contributed by atoms with E-state index in [1.54, 1.807) is 30.5 Å². The molecule has 5 nitrogen and oxygen atoms in total. The van der Waals surface area contributed by atoms with Crippen LogP contribution in [-0.2, 0) is 19.7 Å². The number of nitrogens with zero attached hydrogens (tertiary/aromatic N) is 2. The standard InChI is InChI=1S/C20H19FN2O3S/c1-13-12-27-18(23-13)14(10-22)17(24)11-26-19(25)20(8-4-5-9-20)15-6-2-3-7-16(15)21/h2-3,6-7,12,14H,4-5,8-9,11H2,1H3/t14-/m0/s1. The van der Waals surface area contributed by atoms with E-state index >= 15 is 0 Å². The van der Waals surface area contributed by atoms with Crippen molar-refractivity contribution in [2.24, 2.45) is 0 Å². The van der Waals surface area contributed by atoms with Crippen LogP contribution >= 0.6 is 11.3 Å². The predicted molar refractivity (Wildman–Crippen MR) is 97.7 cm³/mol. The number of carbonyl (C=O) groups is 2. The number of hydrogen-bond acceptors (Lipinski definition) is 6. The van der Waals surface area contributed by atoms with Gasteiger partial charge in [-0.3, -0.25) is 9.59 Å². The third kappa shape index (κ3) is 3.76. The first-order chi connectivity index (χ1) is 13.0. The van der Waals surface area contributed by atoms with Gasteiger partial charge in [-0.2, -0.15) is 5.26 Å². The lowest BCUT2D eigenvalue weighted by molar-refractivity contribution is -0.154. The fraction of sp³-hybridized carbons (Fsp3) is 0.400. The van der Waals surface area contributed by atoms with Crippen LogP contribution in [0.4, 0.5) is 4.39 Å². The van der Waals surface area contributed by atoms with Crippen molar-refractivity contribution in [3.8, 4) is 6.07 Å². The number of thiazole rings is 1. The Labute approximate surface area is 160 Å². The number of hydrogen-bond donors (Lipinski definition) is 0. The van der Waals surface area contributed by atoms with Gasteiger partial charge in [-0.05, 0) is 25.8 Å². The summed E-state index contributed by atoms with van der Waals surface area (Å²) in [5.41, 5.74) is -0.0252. The maximum Gasteiger partial charge on any atom is 0.317 e. The molecule has 0 unspecified atom stereocenters. The zero-order chi connectivity index (χ0) is 19.4. The van der Waals surface area contributed by atoms with Gasteiger partial charge in [-0.1, -0.05) is 31.0 Å². The van der Waals surface area contributed by atoms with E-state index in [1.165, 1.54) is 17.4 Å². The second-order valence-electron chi connectivity index (χ2n) is 6.70. The smallest absolute Gasteiger partial charge is 0.317 e. The van der Waals surface area contributed by atoms with Gasteiger partial charge >= 0.3 is 5.97 Å². The minimum atomic E-state index is -1.07. The predicted octanol–water partition coefficient (Wildman–Crippen LogP) is 3.82. The van der Waals surface area contributed by atoms with Gasteiger partial charge in [-0.25, -0.2) is 9.37 Å². The second kappa shape index (κ2) is 7.97. The van der Waals surface area contributed by atoms with Gasteiger partial charge in [0.05, 0.1) is 11.5 Å². The summed E-state index contributed by atoms with van der Waals surface area (Å²) in [4.78, 5) is 29.4. The van der Waals surface area contributed by atoms with Crippen LogP contribution < -0.4 is 0 Å². The molecule has 1 aliphatic carbocycles. The summed E-state index contributed by atoms with van der Waals surface area (Å²) in [6, 6.07) is 8.10. The molecule has 1 aromatic carbocycles. The first kappa shape index (κ1) is 19.2. The van der Waals surface area contributed by atoms with E-state index in [2.05, 4.69) is 4.98 Å². The van der Waals surface area contributed by atoms with Crippen molar-refractivity contribution in [1.29, 1.82) is 5.26 Å². The fourth-order valence-corrected chi connectivity index (χ4v) is 4.40. The number of Topliss-reactive ketones (excluding diaryl/α,β-unsaturated/α-hetero) is 1. The lowest BCUT2D eigenvalue weighted by Gasteiger charge is -2.27. The van der Waals surface area contributed by atoms with E-state index < -0.39 is 35.5 Å². The van der Waals surface area contributed by atoms with E-state index in [4.69, 9.17) is 4.74 Å². The van der Waals surface area contributed by atoms with Crippen molar-refractivity contribution in [1.82, 2.24) is 4.98 Å². The quantitative estimate of drug-likeness (QED) is 0.705. The van der Waals surface area contributed by atoms with Crippen LogP contribution in [0.25, 0.3) is 0 Å². The Morgan fingerprint density at radius 2 is 2.07 bits per heavy atom. The molecule has 0 N–H and O–H groups in total. The first-order valence-electron chi connectivity index (χ1n) is 8.74. The van der Waals surface area contributed by atoms with Crippen LogP contribution in [0.15, 0.2) is 29.6 Å². The molecule has 27 heavy (non-hydrogen) atoms. The summed E-state index contributed by atoms with van der Waals surface area (Å²) in [6.45, 7) is 1.25. The molecule has 0 spiro atoms.